The van der Waals surface area contributed by atoms with Crippen molar-refractivity contribution in [3.05, 3.63) is 147 Å². The number of guanidine groups is 1. The van der Waals surface area contributed by atoms with Gasteiger partial charge in [-0.2, -0.15) is 0 Å². The number of thiazole rings is 1. The van der Waals surface area contributed by atoms with Crippen LogP contribution in [-0.2, 0) is 48.2 Å². The monoisotopic (exact) mass is 921 g/mol. The zero-order chi connectivity index (χ0) is 45.7. The average Bonchev–Trinajstić information content (AvgIpc) is 3.79. The van der Waals surface area contributed by atoms with Crippen LogP contribution in [-0.4, -0.2) is 76.5 Å². The van der Waals surface area contributed by atoms with Crippen molar-refractivity contribution in [2.75, 3.05) is 13.7 Å². The smallest absolute Gasteiger partial charge is 0.264 e. The minimum atomic E-state index is -4.14. The molecule has 0 saturated heterocycles. The summed E-state index contributed by atoms with van der Waals surface area (Å²) < 4.78 is 79.0. The Morgan fingerprint density at radius 1 is 0.873 bits per heavy atom. The highest BCUT2D eigenvalue weighted by atomic mass is 32.2. The van der Waals surface area contributed by atoms with Crippen LogP contribution < -0.4 is 30.5 Å². The van der Waals surface area contributed by atoms with E-state index in [0.717, 1.165) is 11.3 Å². The van der Waals surface area contributed by atoms with E-state index in [0.29, 0.717) is 33.6 Å². The molecule has 19 heteroatoms. The molecule has 1 heterocycles. The number of carbonyl (C=O) groups excluding carboxylic acids is 2. The summed E-state index contributed by atoms with van der Waals surface area (Å²) in [4.78, 5) is 36.9. The molecule has 2 amide bonds. The van der Waals surface area contributed by atoms with Crippen molar-refractivity contribution < 1.29 is 40.7 Å². The number of sulfonamides is 2. The van der Waals surface area contributed by atoms with Crippen LogP contribution in [0, 0.1) is 26.6 Å². The van der Waals surface area contributed by atoms with E-state index in [1.54, 1.807) is 98.9 Å². The zero-order valence-corrected chi connectivity index (χ0v) is 37.7. The van der Waals surface area contributed by atoms with Crippen molar-refractivity contribution in [3.63, 3.8) is 0 Å². The quantitative estimate of drug-likeness (QED) is 0.0348. The first kappa shape index (κ1) is 48.3. The Morgan fingerprint density at radius 3 is 2.14 bits per heavy atom. The molecule has 0 aliphatic rings. The second-order valence-electron chi connectivity index (χ2n) is 14.9. The van der Waals surface area contributed by atoms with Gasteiger partial charge >= 0.3 is 0 Å². The molecule has 5 rings (SSSR count). The number of aliphatic imine (C=N–C) groups is 1. The molecule has 5 aromatic rings. The van der Waals surface area contributed by atoms with E-state index in [1.807, 2.05) is 0 Å². The first-order valence-corrected chi connectivity index (χ1v) is 24.0. The van der Waals surface area contributed by atoms with Crippen LogP contribution in [0.25, 0.3) is 0 Å². The van der Waals surface area contributed by atoms with E-state index in [9.17, 15) is 31.5 Å². The fourth-order valence-electron chi connectivity index (χ4n) is 6.98. The van der Waals surface area contributed by atoms with Gasteiger partial charge in [-0.3, -0.25) is 14.6 Å². The Kier molecular flexibility index (Phi) is 16.9. The highest BCUT2D eigenvalue weighted by Gasteiger charge is 2.33. The van der Waals surface area contributed by atoms with Crippen LogP contribution in [0.15, 0.2) is 112 Å². The van der Waals surface area contributed by atoms with Gasteiger partial charge in [0.25, 0.3) is 10.0 Å². The summed E-state index contributed by atoms with van der Waals surface area (Å²) in [6.45, 7) is 5.03. The molecule has 0 radical (unpaired) electrons. The number of aliphatic hydroxyl groups excluding tert-OH is 1. The number of aryl methyl sites for hydroxylation is 1. The third-order valence-electron chi connectivity index (χ3n) is 10.2. The van der Waals surface area contributed by atoms with Gasteiger partial charge in [-0.05, 0) is 85.5 Å². The maximum Gasteiger partial charge on any atom is 0.264 e. The first-order valence-electron chi connectivity index (χ1n) is 19.9. The van der Waals surface area contributed by atoms with Crippen LogP contribution in [0.5, 0.6) is 5.75 Å². The van der Waals surface area contributed by atoms with E-state index in [-0.39, 0.29) is 53.7 Å². The lowest BCUT2D eigenvalue weighted by Gasteiger charge is -2.27. The Morgan fingerprint density at radius 2 is 1.51 bits per heavy atom. The number of amides is 2. The predicted molar refractivity (Wildman–Crippen MR) is 240 cm³/mol. The number of nitrogens with one attached hydrogen (secondary N) is 4. The molecule has 0 saturated carbocycles. The number of aliphatic hydroxyl groups is 1. The predicted octanol–water partition coefficient (Wildman–Crippen LogP) is 4.27. The van der Waals surface area contributed by atoms with Crippen LogP contribution >= 0.6 is 11.3 Å². The van der Waals surface area contributed by atoms with Crippen molar-refractivity contribution in [1.82, 2.24) is 25.1 Å². The third kappa shape index (κ3) is 13.6. The summed E-state index contributed by atoms with van der Waals surface area (Å²) in [5.41, 5.74) is 8.86. The Balaban J connectivity index is 1.36. The maximum absolute atomic E-state index is 15.1. The van der Waals surface area contributed by atoms with Gasteiger partial charge in [-0.1, -0.05) is 78.9 Å². The molecule has 0 fully saturated rings. The molecule has 0 aliphatic carbocycles. The summed E-state index contributed by atoms with van der Waals surface area (Å²) in [7, 11) is -6.74. The molecule has 1 aromatic heterocycles. The Labute approximate surface area is 371 Å². The lowest BCUT2D eigenvalue weighted by Crippen LogP contribution is -2.56. The number of benzene rings is 4. The summed E-state index contributed by atoms with van der Waals surface area (Å²) in [6, 6.07) is 20.7. The summed E-state index contributed by atoms with van der Waals surface area (Å²) in [5, 5.41) is 18.9. The molecule has 7 N–H and O–H groups in total. The normalized spacial score (nSPS) is 14.0. The lowest BCUT2D eigenvalue weighted by atomic mass is 10.0. The van der Waals surface area contributed by atoms with Crippen molar-refractivity contribution in [1.29, 1.82) is 0 Å². The van der Waals surface area contributed by atoms with Gasteiger partial charge in [0.2, 0.25) is 27.8 Å². The number of hydrogen-bond acceptors (Lipinski definition) is 11. The SMILES string of the molecule is COc1cc(C)c(S(=O)(=O)NC(N)=NCCC[C@H](NC(=O)[C@H](Cc2ccccc2F)NC(=O)[C@@H](Cc2ccccc2)NS(=O)(=O)Cc2ccccc2)C(O)c2nccs2)c(C)c1C. The summed E-state index contributed by atoms with van der Waals surface area (Å²) in [5.74, 6) is -2.51. The average molecular weight is 922 g/mol. The second kappa shape index (κ2) is 22.1. The number of aromatic nitrogens is 1. The summed E-state index contributed by atoms with van der Waals surface area (Å²) >= 11 is 1.15. The van der Waals surface area contributed by atoms with Gasteiger partial charge in [0.15, 0.2) is 0 Å². The van der Waals surface area contributed by atoms with Gasteiger partial charge in [0.1, 0.15) is 34.8 Å². The van der Waals surface area contributed by atoms with E-state index >= 15 is 4.39 Å². The number of ether oxygens (including phenoxy) is 1. The zero-order valence-electron chi connectivity index (χ0n) is 35.2. The van der Waals surface area contributed by atoms with Gasteiger partial charge in [0, 0.05) is 24.5 Å². The molecule has 4 atom stereocenters. The highest BCUT2D eigenvalue weighted by Crippen LogP contribution is 2.30. The van der Waals surface area contributed by atoms with Crippen LogP contribution in [0.1, 0.15) is 57.3 Å². The molecule has 0 aliphatic heterocycles. The van der Waals surface area contributed by atoms with E-state index in [2.05, 4.69) is 30.1 Å². The lowest BCUT2D eigenvalue weighted by molar-refractivity contribution is -0.130. The van der Waals surface area contributed by atoms with Crippen LogP contribution in [0.4, 0.5) is 4.39 Å². The minimum absolute atomic E-state index is 0.0232. The standard InChI is InChI=1S/C44H52FN7O8S3/c1-28-24-38(60-4)29(2)30(3)40(28)63(58,59)52-44(46)48-21-13-20-35(39(53)43-47-22-23-61-43)49-41(54)36(26-33-18-11-12-19-34(33)45)50-42(55)37(25-31-14-7-5-8-15-31)51-62(56,57)27-32-16-9-6-10-17-32/h5-12,14-19,22-24,35-37,39,51,53H,13,20-21,25-27H2,1-4H3,(H,49,54)(H,50,55)(H3,46,48,52)/t35-,36-,37+,39?/m0/s1. The number of methoxy groups -OCH3 is 1. The Bertz CT molecular complexity index is 2580. The van der Waals surface area contributed by atoms with Crippen LogP contribution in [0.2, 0.25) is 0 Å². The van der Waals surface area contributed by atoms with Gasteiger partial charge < -0.3 is 26.2 Å². The number of hydrogen-bond donors (Lipinski definition) is 6. The number of halogens is 1. The van der Waals surface area contributed by atoms with E-state index < -0.39 is 67.7 Å². The molecular weight excluding hydrogens is 870 g/mol. The molecule has 336 valence electrons. The van der Waals surface area contributed by atoms with Crippen molar-refractivity contribution >= 4 is 49.2 Å². The topological polar surface area (TPSA) is 231 Å². The number of nitrogens with two attached hydrogens (primary N) is 1. The van der Waals surface area contributed by atoms with E-state index in [4.69, 9.17) is 10.5 Å². The largest absolute Gasteiger partial charge is 0.496 e. The van der Waals surface area contributed by atoms with Gasteiger partial charge in [-0.25, -0.2) is 35.7 Å². The molecule has 4 aromatic carbocycles. The minimum Gasteiger partial charge on any atom is -0.496 e. The molecule has 1 unspecified atom stereocenters. The molecule has 15 nitrogen and oxygen atoms in total. The molecule has 0 bridgehead atoms. The Hall–Kier alpha value is -5.73. The first-order chi connectivity index (χ1) is 30.0. The third-order valence-corrected chi connectivity index (χ3v) is 14.1. The highest BCUT2D eigenvalue weighted by molar-refractivity contribution is 7.90. The van der Waals surface area contributed by atoms with Gasteiger partial charge in [-0.15, -0.1) is 11.3 Å². The maximum atomic E-state index is 15.1. The van der Waals surface area contributed by atoms with Crippen molar-refractivity contribution in [2.45, 2.75) is 81.3 Å². The number of rotatable bonds is 21. The molecule has 0 spiro atoms. The molecule has 63 heavy (non-hydrogen) atoms. The number of nitrogens with zero attached hydrogens (tertiary/aromatic N) is 2. The fourth-order valence-corrected chi connectivity index (χ4v) is 10.5. The summed E-state index contributed by atoms with van der Waals surface area (Å²) in [6.07, 6.45) is 0.00841. The van der Waals surface area contributed by atoms with E-state index in [1.165, 1.54) is 31.5 Å². The van der Waals surface area contributed by atoms with Crippen LogP contribution in [0.3, 0.4) is 0 Å². The van der Waals surface area contributed by atoms with Crippen molar-refractivity contribution in [2.24, 2.45) is 10.7 Å². The molecular formula is C44H52FN7O8S3. The number of carbonyl (C=O) groups is 2. The van der Waals surface area contributed by atoms with Crippen molar-refractivity contribution in [3.8, 4) is 5.75 Å². The van der Waals surface area contributed by atoms with Gasteiger partial charge in [0.05, 0.1) is 23.8 Å². The fraction of sp³-hybridized carbons (Fsp3) is 0.318. The second-order valence-corrected chi connectivity index (χ2v) is 19.2.